The highest BCUT2D eigenvalue weighted by molar-refractivity contribution is 9.10. The third kappa shape index (κ3) is 3.06. The van der Waals surface area contributed by atoms with Gasteiger partial charge in [-0.1, -0.05) is 31.4 Å². The van der Waals surface area contributed by atoms with Crippen LogP contribution < -0.4 is 4.72 Å². The molecule has 1 aliphatic carbocycles. The third-order valence-electron chi connectivity index (χ3n) is 3.44. The van der Waals surface area contributed by atoms with Crippen LogP contribution in [0.1, 0.15) is 37.7 Å². The van der Waals surface area contributed by atoms with Crippen molar-refractivity contribution in [2.75, 3.05) is 4.72 Å². The van der Waals surface area contributed by atoms with Crippen molar-refractivity contribution in [3.05, 3.63) is 28.2 Å². The van der Waals surface area contributed by atoms with Crippen LogP contribution in [0, 0.1) is 6.92 Å². The van der Waals surface area contributed by atoms with Gasteiger partial charge in [0.1, 0.15) is 0 Å². The maximum atomic E-state index is 12.3. The minimum absolute atomic E-state index is 0.237. The summed E-state index contributed by atoms with van der Waals surface area (Å²) in [4.78, 5) is 0. The fraction of sp³-hybridized carbons (Fsp3) is 0.538. The molecule has 0 radical (unpaired) electrons. The van der Waals surface area contributed by atoms with E-state index < -0.39 is 10.0 Å². The van der Waals surface area contributed by atoms with Crippen LogP contribution >= 0.6 is 15.9 Å². The second-order valence-corrected chi connectivity index (χ2v) is 7.60. The Bertz CT molecular complexity index is 522. The van der Waals surface area contributed by atoms with Crippen molar-refractivity contribution in [2.45, 2.75) is 44.3 Å². The smallest absolute Gasteiger partial charge is 0.235 e. The molecule has 100 valence electrons. The van der Waals surface area contributed by atoms with Crippen molar-refractivity contribution in [1.29, 1.82) is 0 Å². The van der Waals surface area contributed by atoms with Gasteiger partial charge in [0.15, 0.2) is 0 Å². The van der Waals surface area contributed by atoms with Crippen molar-refractivity contribution in [1.82, 2.24) is 0 Å². The zero-order valence-electron chi connectivity index (χ0n) is 10.4. The molecule has 0 atom stereocenters. The lowest BCUT2D eigenvalue weighted by atomic mass is 10.0. The van der Waals surface area contributed by atoms with Gasteiger partial charge in [-0.05, 0) is 47.3 Å². The molecule has 0 bridgehead atoms. The summed E-state index contributed by atoms with van der Waals surface area (Å²) in [6.45, 7) is 1.95. The molecule has 0 saturated heterocycles. The number of sulfonamides is 1. The first-order valence-electron chi connectivity index (χ1n) is 6.27. The van der Waals surface area contributed by atoms with E-state index in [1.807, 2.05) is 19.1 Å². The van der Waals surface area contributed by atoms with Crippen LogP contribution in [0.15, 0.2) is 22.7 Å². The molecular weight excluding hydrogens is 314 g/mol. The maximum absolute atomic E-state index is 12.3. The summed E-state index contributed by atoms with van der Waals surface area (Å²) < 4.78 is 28.1. The number of halogens is 1. The number of hydrogen-bond acceptors (Lipinski definition) is 2. The molecule has 1 aromatic rings. The topological polar surface area (TPSA) is 46.2 Å². The van der Waals surface area contributed by atoms with Gasteiger partial charge in [-0.3, -0.25) is 4.72 Å². The van der Waals surface area contributed by atoms with E-state index >= 15 is 0 Å². The van der Waals surface area contributed by atoms with E-state index in [4.69, 9.17) is 0 Å². The molecule has 0 spiro atoms. The number of rotatable bonds is 3. The minimum atomic E-state index is -3.26. The Morgan fingerprint density at radius 1 is 1.22 bits per heavy atom. The first-order chi connectivity index (χ1) is 8.50. The van der Waals surface area contributed by atoms with Crippen LogP contribution in [0.4, 0.5) is 5.69 Å². The monoisotopic (exact) mass is 331 g/mol. The highest BCUT2D eigenvalue weighted by Crippen LogP contribution is 2.30. The summed E-state index contributed by atoms with van der Waals surface area (Å²) in [5.41, 5.74) is 1.67. The number of benzene rings is 1. The first kappa shape index (κ1) is 13.9. The Labute approximate surface area is 117 Å². The van der Waals surface area contributed by atoms with Gasteiger partial charge in [-0.25, -0.2) is 8.42 Å². The van der Waals surface area contributed by atoms with Crippen LogP contribution in [0.2, 0.25) is 0 Å². The molecule has 18 heavy (non-hydrogen) atoms. The maximum Gasteiger partial charge on any atom is 0.235 e. The molecule has 5 heteroatoms. The SMILES string of the molecule is Cc1cccc(NS(=O)(=O)C2CCCCC2)c1Br. The molecule has 0 amide bonds. The normalized spacial score (nSPS) is 17.7. The number of hydrogen-bond donors (Lipinski definition) is 1. The van der Waals surface area contributed by atoms with Crippen LogP contribution in [0.5, 0.6) is 0 Å². The molecule has 3 nitrogen and oxygen atoms in total. The average molecular weight is 332 g/mol. The van der Waals surface area contributed by atoms with E-state index in [1.54, 1.807) is 6.07 Å². The van der Waals surface area contributed by atoms with E-state index in [0.29, 0.717) is 5.69 Å². The van der Waals surface area contributed by atoms with Gasteiger partial charge in [-0.15, -0.1) is 0 Å². The van der Waals surface area contributed by atoms with Crippen molar-refractivity contribution < 1.29 is 8.42 Å². The van der Waals surface area contributed by atoms with E-state index in [1.165, 1.54) is 0 Å². The van der Waals surface area contributed by atoms with Gasteiger partial charge in [0.05, 0.1) is 10.9 Å². The first-order valence-corrected chi connectivity index (χ1v) is 8.61. The molecule has 1 fully saturated rings. The summed E-state index contributed by atoms with van der Waals surface area (Å²) in [7, 11) is -3.26. The molecule has 1 saturated carbocycles. The van der Waals surface area contributed by atoms with Gasteiger partial charge in [-0.2, -0.15) is 0 Å². The molecule has 1 aromatic carbocycles. The molecule has 1 aliphatic rings. The van der Waals surface area contributed by atoms with Crippen molar-refractivity contribution in [3.63, 3.8) is 0 Å². The van der Waals surface area contributed by atoms with E-state index in [2.05, 4.69) is 20.7 Å². The Morgan fingerprint density at radius 3 is 2.56 bits per heavy atom. The molecular formula is C13H18BrNO2S. The van der Waals surface area contributed by atoms with Gasteiger partial charge >= 0.3 is 0 Å². The lowest BCUT2D eigenvalue weighted by molar-refractivity contribution is 0.486. The van der Waals surface area contributed by atoms with Gasteiger partial charge in [0, 0.05) is 4.47 Å². The summed E-state index contributed by atoms with van der Waals surface area (Å²) in [5.74, 6) is 0. The lowest BCUT2D eigenvalue weighted by Gasteiger charge is -2.23. The van der Waals surface area contributed by atoms with Crippen molar-refractivity contribution in [2.24, 2.45) is 0 Å². The Balaban J connectivity index is 2.19. The third-order valence-corrected chi connectivity index (χ3v) is 6.34. The van der Waals surface area contributed by atoms with Crippen molar-refractivity contribution in [3.8, 4) is 0 Å². The molecule has 0 aliphatic heterocycles. The van der Waals surface area contributed by atoms with E-state index in [0.717, 1.165) is 42.1 Å². The fourth-order valence-corrected chi connectivity index (χ4v) is 4.43. The highest BCUT2D eigenvalue weighted by Gasteiger charge is 2.27. The predicted molar refractivity (Wildman–Crippen MR) is 78.3 cm³/mol. The molecule has 0 aromatic heterocycles. The van der Waals surface area contributed by atoms with Crippen LogP contribution in [0.25, 0.3) is 0 Å². The number of anilines is 1. The molecule has 1 N–H and O–H groups in total. The lowest BCUT2D eigenvalue weighted by Crippen LogP contribution is -2.29. The summed E-state index contributed by atoms with van der Waals surface area (Å²) in [5, 5.41) is -0.237. The average Bonchev–Trinajstić information content (AvgIpc) is 2.36. The predicted octanol–water partition coefficient (Wildman–Crippen LogP) is 3.83. The van der Waals surface area contributed by atoms with Gasteiger partial charge in [0.2, 0.25) is 10.0 Å². The zero-order valence-corrected chi connectivity index (χ0v) is 12.9. The standard InChI is InChI=1S/C13H18BrNO2S/c1-10-6-5-9-12(13(10)14)15-18(16,17)11-7-3-2-4-8-11/h5-6,9,11,15H,2-4,7-8H2,1H3. The summed E-state index contributed by atoms with van der Waals surface area (Å²) in [6.07, 6.45) is 4.73. The highest BCUT2D eigenvalue weighted by atomic mass is 79.9. The molecule has 0 heterocycles. The van der Waals surface area contributed by atoms with Crippen LogP contribution in [-0.4, -0.2) is 13.7 Å². The largest absolute Gasteiger partial charge is 0.282 e. The quantitative estimate of drug-likeness (QED) is 0.914. The van der Waals surface area contributed by atoms with Gasteiger partial charge in [0.25, 0.3) is 0 Å². The summed E-state index contributed by atoms with van der Waals surface area (Å²) in [6, 6.07) is 5.60. The molecule has 2 rings (SSSR count). The fourth-order valence-electron chi connectivity index (χ4n) is 2.34. The van der Waals surface area contributed by atoms with E-state index in [9.17, 15) is 8.42 Å². The second-order valence-electron chi connectivity index (χ2n) is 4.84. The van der Waals surface area contributed by atoms with Crippen molar-refractivity contribution >= 4 is 31.6 Å². The van der Waals surface area contributed by atoms with E-state index in [-0.39, 0.29) is 5.25 Å². The van der Waals surface area contributed by atoms with Crippen LogP contribution in [0.3, 0.4) is 0 Å². The Kier molecular flexibility index (Phi) is 4.33. The molecule has 0 unspecified atom stereocenters. The van der Waals surface area contributed by atoms with Crippen LogP contribution in [-0.2, 0) is 10.0 Å². The Hall–Kier alpha value is -0.550. The second kappa shape index (κ2) is 5.61. The number of aryl methyl sites for hydroxylation is 1. The zero-order chi connectivity index (χ0) is 13.2. The summed E-state index contributed by atoms with van der Waals surface area (Å²) >= 11 is 3.43. The Morgan fingerprint density at radius 2 is 1.89 bits per heavy atom. The number of nitrogens with one attached hydrogen (secondary N) is 1. The minimum Gasteiger partial charge on any atom is -0.282 e. The van der Waals surface area contributed by atoms with Gasteiger partial charge < -0.3 is 0 Å².